The number of ether oxygens (including phenoxy) is 1. The Kier molecular flexibility index (Phi) is 9.49. The van der Waals surface area contributed by atoms with Crippen LogP contribution in [0.2, 0.25) is 0 Å². The van der Waals surface area contributed by atoms with Gasteiger partial charge in [0.05, 0.1) is 18.2 Å². The minimum absolute atomic E-state index is 0.0537. The predicted octanol–water partition coefficient (Wildman–Crippen LogP) is 4.20. The van der Waals surface area contributed by atoms with Crippen LogP contribution in [0.15, 0.2) is 72.8 Å². The first-order chi connectivity index (χ1) is 18.6. The molecule has 0 spiro atoms. The molecule has 0 radical (unpaired) electrons. The van der Waals surface area contributed by atoms with E-state index in [2.05, 4.69) is 35.7 Å². The topological polar surface area (TPSA) is 103 Å². The summed E-state index contributed by atoms with van der Waals surface area (Å²) in [4.78, 5) is 27.3. The highest BCUT2D eigenvalue weighted by atomic mass is 16.5. The molecule has 2 N–H and O–H groups in total. The number of aliphatic hydroxyl groups is 1. The molecular weight excluding hydrogens is 478 g/mol. The number of likely N-dealkylation sites (tertiary alicyclic amines) is 1. The Bertz CT molecular complexity index is 1260. The zero-order chi connectivity index (χ0) is 26.7. The summed E-state index contributed by atoms with van der Waals surface area (Å²) < 4.78 is 5.98. The Morgan fingerprint density at radius 2 is 1.76 bits per heavy atom. The summed E-state index contributed by atoms with van der Waals surface area (Å²) in [6.07, 6.45) is 4.18. The van der Waals surface area contributed by atoms with Crippen LogP contribution in [0.25, 0.3) is 11.1 Å². The zero-order valence-corrected chi connectivity index (χ0v) is 21.4. The van der Waals surface area contributed by atoms with Crippen molar-refractivity contribution in [3.05, 3.63) is 89.5 Å². The van der Waals surface area contributed by atoms with Gasteiger partial charge in [0.1, 0.15) is 5.75 Å². The molecule has 4 rings (SSSR count). The maximum Gasteiger partial charge on any atom is 0.260 e. The number of nitrogens with one attached hydrogen (secondary N) is 1. The first-order valence-electron chi connectivity index (χ1n) is 13.1. The number of aliphatic hydroxyl groups excluding tert-OH is 1. The van der Waals surface area contributed by atoms with Crippen molar-refractivity contribution in [1.29, 1.82) is 5.26 Å². The molecular formula is C31H33N3O4. The Hall–Kier alpha value is -4.15. The van der Waals surface area contributed by atoms with E-state index in [9.17, 15) is 9.59 Å². The van der Waals surface area contributed by atoms with Crippen molar-refractivity contribution in [2.45, 2.75) is 25.7 Å². The molecule has 1 aliphatic rings. The van der Waals surface area contributed by atoms with Crippen LogP contribution in [-0.4, -0.2) is 54.7 Å². The summed E-state index contributed by atoms with van der Waals surface area (Å²) in [7, 11) is 0. The number of benzene rings is 3. The van der Waals surface area contributed by atoms with Gasteiger partial charge in [0.15, 0.2) is 6.61 Å². The molecule has 38 heavy (non-hydrogen) atoms. The molecule has 7 nitrogen and oxygen atoms in total. The van der Waals surface area contributed by atoms with Crippen molar-refractivity contribution in [1.82, 2.24) is 10.2 Å². The van der Waals surface area contributed by atoms with Crippen LogP contribution >= 0.6 is 0 Å². The summed E-state index contributed by atoms with van der Waals surface area (Å²) in [5.41, 5.74) is 3.71. The third kappa shape index (κ3) is 7.21. The third-order valence-corrected chi connectivity index (χ3v) is 6.97. The second-order valence-electron chi connectivity index (χ2n) is 9.52. The number of rotatable bonds is 10. The molecule has 1 fully saturated rings. The minimum atomic E-state index is -0.313. The highest BCUT2D eigenvalue weighted by molar-refractivity contribution is 5.96. The van der Waals surface area contributed by atoms with E-state index in [-0.39, 0.29) is 31.6 Å². The maximum atomic E-state index is 13.0. The van der Waals surface area contributed by atoms with Crippen molar-refractivity contribution in [2.24, 2.45) is 5.92 Å². The van der Waals surface area contributed by atoms with Crippen LogP contribution in [0, 0.1) is 17.2 Å². The molecule has 3 aromatic carbocycles. The highest BCUT2D eigenvalue weighted by Gasteiger charge is 2.23. The molecule has 2 amide bonds. The number of nitrogens with zero attached hydrogens (tertiary/aromatic N) is 2. The summed E-state index contributed by atoms with van der Waals surface area (Å²) in [5, 5.41) is 20.8. The number of carbonyl (C=O) groups excluding carboxylic acids is 2. The van der Waals surface area contributed by atoms with Gasteiger partial charge in [-0.05, 0) is 73.1 Å². The fourth-order valence-corrected chi connectivity index (χ4v) is 4.74. The second-order valence-corrected chi connectivity index (χ2v) is 9.52. The minimum Gasteiger partial charge on any atom is -0.483 e. The van der Waals surface area contributed by atoms with E-state index >= 15 is 0 Å². The van der Waals surface area contributed by atoms with Gasteiger partial charge >= 0.3 is 0 Å². The van der Waals surface area contributed by atoms with Crippen molar-refractivity contribution in [3.8, 4) is 22.9 Å². The summed E-state index contributed by atoms with van der Waals surface area (Å²) in [6.45, 7) is 1.37. The van der Waals surface area contributed by atoms with E-state index in [0.717, 1.165) is 44.3 Å². The lowest BCUT2D eigenvalue weighted by atomic mass is 9.90. The smallest absolute Gasteiger partial charge is 0.260 e. The number of aryl methyl sites for hydroxylation is 1. The molecule has 0 unspecified atom stereocenters. The van der Waals surface area contributed by atoms with Gasteiger partial charge in [0, 0.05) is 30.8 Å². The van der Waals surface area contributed by atoms with Crippen molar-refractivity contribution in [3.63, 3.8) is 0 Å². The Morgan fingerprint density at radius 1 is 1.03 bits per heavy atom. The molecule has 0 saturated carbocycles. The molecule has 1 saturated heterocycles. The summed E-state index contributed by atoms with van der Waals surface area (Å²) in [6, 6.07) is 24.6. The maximum absolute atomic E-state index is 13.0. The Balaban J connectivity index is 1.37. The molecule has 0 atom stereocenters. The van der Waals surface area contributed by atoms with Crippen LogP contribution in [0.3, 0.4) is 0 Å². The van der Waals surface area contributed by atoms with E-state index in [4.69, 9.17) is 15.1 Å². The van der Waals surface area contributed by atoms with Crippen LogP contribution in [-0.2, 0) is 11.2 Å². The first kappa shape index (κ1) is 26.9. The van der Waals surface area contributed by atoms with Crippen molar-refractivity contribution in [2.75, 3.05) is 32.8 Å². The predicted molar refractivity (Wildman–Crippen MR) is 146 cm³/mol. The fraction of sp³-hybridized carbons (Fsp3) is 0.323. The lowest BCUT2D eigenvalue weighted by molar-refractivity contribution is -0.134. The zero-order valence-electron chi connectivity index (χ0n) is 21.4. The highest BCUT2D eigenvalue weighted by Crippen LogP contribution is 2.32. The Morgan fingerprint density at radius 3 is 2.45 bits per heavy atom. The number of hydrogen-bond donors (Lipinski definition) is 2. The van der Waals surface area contributed by atoms with Crippen LogP contribution < -0.4 is 10.1 Å². The standard InChI is InChI=1S/C31H33N3O4/c32-21-25-8-10-26(11-9-25)28-20-27(31(37)33-16-19-35)12-13-29(28)38-22-30(36)34-17-14-24(15-18-34)7-6-23-4-2-1-3-5-23/h1-5,8-13,20,24,35H,6-7,14-19,22H2,(H,33,37). The molecule has 0 aromatic heterocycles. The summed E-state index contributed by atoms with van der Waals surface area (Å²) in [5.74, 6) is 0.737. The normalized spacial score (nSPS) is 13.5. The average Bonchev–Trinajstić information content (AvgIpc) is 2.98. The van der Waals surface area contributed by atoms with E-state index in [0.29, 0.717) is 28.4 Å². The number of carbonyl (C=O) groups is 2. The average molecular weight is 512 g/mol. The lowest BCUT2D eigenvalue weighted by Gasteiger charge is -2.32. The quantitative estimate of drug-likeness (QED) is 0.425. The largest absolute Gasteiger partial charge is 0.483 e. The van der Waals surface area contributed by atoms with E-state index < -0.39 is 0 Å². The van der Waals surface area contributed by atoms with Gasteiger partial charge in [0.2, 0.25) is 0 Å². The first-order valence-corrected chi connectivity index (χ1v) is 13.1. The molecule has 7 heteroatoms. The van der Waals surface area contributed by atoms with Crippen LogP contribution in [0.1, 0.15) is 40.7 Å². The molecule has 1 heterocycles. The molecule has 1 aliphatic heterocycles. The Labute approximate surface area is 223 Å². The summed E-state index contributed by atoms with van der Waals surface area (Å²) >= 11 is 0. The fourth-order valence-electron chi connectivity index (χ4n) is 4.74. The number of hydrogen-bond acceptors (Lipinski definition) is 5. The van der Waals surface area contributed by atoms with E-state index in [1.807, 2.05) is 11.0 Å². The monoisotopic (exact) mass is 511 g/mol. The van der Waals surface area contributed by atoms with Gasteiger partial charge in [-0.15, -0.1) is 0 Å². The van der Waals surface area contributed by atoms with Gasteiger partial charge in [-0.1, -0.05) is 42.5 Å². The van der Waals surface area contributed by atoms with E-state index in [1.165, 1.54) is 5.56 Å². The number of amides is 2. The van der Waals surface area contributed by atoms with Gasteiger partial charge in [-0.25, -0.2) is 0 Å². The molecule has 3 aromatic rings. The van der Waals surface area contributed by atoms with E-state index in [1.54, 1.807) is 42.5 Å². The van der Waals surface area contributed by atoms with Gasteiger partial charge in [0.25, 0.3) is 11.8 Å². The molecule has 196 valence electrons. The van der Waals surface area contributed by atoms with Gasteiger partial charge in [-0.2, -0.15) is 5.26 Å². The second kappa shape index (κ2) is 13.4. The van der Waals surface area contributed by atoms with Crippen LogP contribution in [0.5, 0.6) is 5.75 Å². The molecule has 0 aliphatic carbocycles. The van der Waals surface area contributed by atoms with Gasteiger partial charge in [-0.3, -0.25) is 9.59 Å². The van der Waals surface area contributed by atoms with Crippen molar-refractivity contribution < 1.29 is 19.4 Å². The number of piperidine rings is 1. The molecule has 0 bridgehead atoms. The SMILES string of the molecule is N#Cc1ccc(-c2cc(C(=O)NCCO)ccc2OCC(=O)N2CCC(CCc3ccccc3)CC2)cc1. The lowest BCUT2D eigenvalue weighted by Crippen LogP contribution is -2.41. The third-order valence-electron chi connectivity index (χ3n) is 6.97. The number of nitriles is 1. The van der Waals surface area contributed by atoms with Crippen LogP contribution in [0.4, 0.5) is 0 Å². The van der Waals surface area contributed by atoms with Gasteiger partial charge < -0.3 is 20.1 Å². The van der Waals surface area contributed by atoms with Crippen molar-refractivity contribution >= 4 is 11.8 Å².